The van der Waals surface area contributed by atoms with Gasteiger partial charge in [-0.05, 0) is 19.4 Å². The molecule has 0 aliphatic carbocycles. The van der Waals surface area contributed by atoms with Gasteiger partial charge in [0.15, 0.2) is 17.4 Å². The van der Waals surface area contributed by atoms with Gasteiger partial charge < -0.3 is 0 Å². The van der Waals surface area contributed by atoms with Crippen molar-refractivity contribution in [2.75, 3.05) is 0 Å². The number of carbonyl (C=O) groups is 1. The zero-order chi connectivity index (χ0) is 11.6. The molecule has 0 aliphatic heterocycles. The van der Waals surface area contributed by atoms with Gasteiger partial charge in [0.2, 0.25) is 0 Å². The number of halogens is 3. The average Bonchev–Trinajstić information content (AvgIpc) is 2.18. The third-order valence-corrected chi connectivity index (χ3v) is 1.98. The molecule has 1 nitrogen and oxygen atoms in total. The molecule has 0 saturated heterocycles. The van der Waals surface area contributed by atoms with Gasteiger partial charge >= 0.3 is 0 Å². The number of hydrogen-bond donors (Lipinski definition) is 0. The lowest BCUT2D eigenvalue weighted by atomic mass is 10.0. The lowest BCUT2D eigenvalue weighted by Crippen LogP contribution is -2.06. The second-order valence-electron chi connectivity index (χ2n) is 3.06. The minimum Gasteiger partial charge on any atom is -0.294 e. The van der Waals surface area contributed by atoms with E-state index in [0.29, 0.717) is 6.07 Å². The Labute approximate surface area is 85.2 Å². The van der Waals surface area contributed by atoms with Gasteiger partial charge in [0, 0.05) is 5.56 Å². The van der Waals surface area contributed by atoms with Gasteiger partial charge in [-0.3, -0.25) is 4.79 Å². The first-order valence-electron chi connectivity index (χ1n) is 4.27. The Morgan fingerprint density at radius 2 is 2.00 bits per heavy atom. The fourth-order valence-corrected chi connectivity index (χ4v) is 1.22. The van der Waals surface area contributed by atoms with Gasteiger partial charge in [-0.25, -0.2) is 13.2 Å². The first-order valence-corrected chi connectivity index (χ1v) is 4.27. The van der Waals surface area contributed by atoms with Crippen molar-refractivity contribution < 1.29 is 18.0 Å². The predicted octanol–water partition coefficient (Wildman–Crippen LogP) is 3.04. The van der Waals surface area contributed by atoms with Crippen LogP contribution in [0.3, 0.4) is 0 Å². The molecule has 0 N–H and O–H groups in total. The van der Waals surface area contributed by atoms with Crippen LogP contribution >= 0.6 is 0 Å². The standard InChI is InChI=1S/C11H9F3O/c1-3-4-7-9(12)5-8(6(2)15)11(14)10(7)13/h3,5H,1,4H2,2H3. The number of Topliss-reactive ketones (excluding diaryl/α,β-unsaturated/α-hetero) is 1. The van der Waals surface area contributed by atoms with Crippen molar-refractivity contribution in [3.05, 3.63) is 47.3 Å². The Bertz CT molecular complexity index is 424. The third-order valence-electron chi connectivity index (χ3n) is 1.98. The molecule has 0 heterocycles. The lowest BCUT2D eigenvalue weighted by molar-refractivity contribution is 0.101. The van der Waals surface area contributed by atoms with E-state index in [1.165, 1.54) is 6.08 Å². The summed E-state index contributed by atoms with van der Waals surface area (Å²) < 4.78 is 39.7. The quantitative estimate of drug-likeness (QED) is 0.429. The van der Waals surface area contributed by atoms with Gasteiger partial charge in [0.25, 0.3) is 0 Å². The van der Waals surface area contributed by atoms with Crippen LogP contribution in [-0.2, 0) is 6.42 Å². The van der Waals surface area contributed by atoms with Crippen LogP contribution in [0.5, 0.6) is 0 Å². The SMILES string of the molecule is C=CCc1c(F)cc(C(C)=O)c(F)c1F. The first kappa shape index (κ1) is 11.5. The van der Waals surface area contributed by atoms with Crippen molar-refractivity contribution in [1.82, 2.24) is 0 Å². The fourth-order valence-electron chi connectivity index (χ4n) is 1.22. The number of benzene rings is 1. The second kappa shape index (κ2) is 4.29. The van der Waals surface area contributed by atoms with Crippen molar-refractivity contribution in [3.8, 4) is 0 Å². The average molecular weight is 214 g/mol. The van der Waals surface area contributed by atoms with E-state index in [0.717, 1.165) is 6.92 Å². The van der Waals surface area contributed by atoms with E-state index in [1.54, 1.807) is 0 Å². The summed E-state index contributed by atoms with van der Waals surface area (Å²) in [6.07, 6.45) is 1.14. The Morgan fingerprint density at radius 1 is 1.40 bits per heavy atom. The van der Waals surface area contributed by atoms with Crippen LogP contribution < -0.4 is 0 Å². The summed E-state index contributed by atoms with van der Waals surface area (Å²) in [5.74, 6) is -4.27. The van der Waals surface area contributed by atoms with Crippen LogP contribution in [0.15, 0.2) is 18.7 Å². The summed E-state index contributed by atoms with van der Waals surface area (Å²) in [6.45, 7) is 4.35. The van der Waals surface area contributed by atoms with Gasteiger partial charge in [-0.2, -0.15) is 0 Å². The molecule has 1 aromatic rings. The Hall–Kier alpha value is -1.58. The fraction of sp³-hybridized carbons (Fsp3) is 0.182. The van der Waals surface area contributed by atoms with Crippen molar-refractivity contribution in [1.29, 1.82) is 0 Å². The molecule has 4 heteroatoms. The normalized spacial score (nSPS) is 10.1. The molecule has 80 valence electrons. The molecule has 0 amide bonds. The molecule has 15 heavy (non-hydrogen) atoms. The number of carbonyl (C=O) groups excluding carboxylic acids is 1. The summed E-state index contributed by atoms with van der Waals surface area (Å²) in [7, 11) is 0. The minimum absolute atomic E-state index is 0.118. The summed E-state index contributed by atoms with van der Waals surface area (Å²) in [6, 6.07) is 0.708. The van der Waals surface area contributed by atoms with E-state index in [1.807, 2.05) is 0 Å². The number of hydrogen-bond acceptors (Lipinski definition) is 1. The summed E-state index contributed by atoms with van der Waals surface area (Å²) in [4.78, 5) is 10.8. The van der Waals surface area contributed by atoms with Crippen LogP contribution in [0.1, 0.15) is 22.8 Å². The molecule has 1 aromatic carbocycles. The summed E-state index contributed by atoms with van der Waals surface area (Å²) in [5, 5.41) is 0. The molecule has 0 unspecified atom stereocenters. The molecule has 0 saturated carbocycles. The molecule has 0 aromatic heterocycles. The zero-order valence-electron chi connectivity index (χ0n) is 8.11. The molecule has 0 atom stereocenters. The monoisotopic (exact) mass is 214 g/mol. The number of rotatable bonds is 3. The Balaban J connectivity index is 3.43. The van der Waals surface area contributed by atoms with Gasteiger partial charge in [-0.1, -0.05) is 6.08 Å². The topological polar surface area (TPSA) is 17.1 Å². The van der Waals surface area contributed by atoms with Crippen LogP contribution in [0.4, 0.5) is 13.2 Å². The van der Waals surface area contributed by atoms with Gasteiger partial charge in [-0.15, -0.1) is 6.58 Å². The van der Waals surface area contributed by atoms with Crippen molar-refractivity contribution in [2.24, 2.45) is 0 Å². The predicted molar refractivity (Wildman–Crippen MR) is 50.2 cm³/mol. The van der Waals surface area contributed by atoms with E-state index in [-0.39, 0.29) is 6.42 Å². The van der Waals surface area contributed by atoms with E-state index in [4.69, 9.17) is 0 Å². The van der Waals surface area contributed by atoms with Crippen LogP contribution in [-0.4, -0.2) is 5.78 Å². The van der Waals surface area contributed by atoms with Gasteiger partial charge in [0.05, 0.1) is 5.56 Å². The maximum Gasteiger partial charge on any atom is 0.170 e. The Kier molecular flexibility index (Phi) is 3.29. The van der Waals surface area contributed by atoms with Crippen LogP contribution in [0.2, 0.25) is 0 Å². The number of allylic oxidation sites excluding steroid dienone is 1. The van der Waals surface area contributed by atoms with Crippen LogP contribution in [0.25, 0.3) is 0 Å². The highest BCUT2D eigenvalue weighted by Crippen LogP contribution is 2.21. The highest BCUT2D eigenvalue weighted by atomic mass is 19.2. The zero-order valence-corrected chi connectivity index (χ0v) is 8.11. The van der Waals surface area contributed by atoms with E-state index >= 15 is 0 Å². The minimum atomic E-state index is -1.32. The summed E-state index contributed by atoms with van der Waals surface area (Å²) in [5.41, 5.74) is -0.981. The van der Waals surface area contributed by atoms with Crippen molar-refractivity contribution in [2.45, 2.75) is 13.3 Å². The first-order chi connectivity index (χ1) is 6.99. The lowest BCUT2D eigenvalue weighted by Gasteiger charge is -2.06. The molecule has 0 fully saturated rings. The van der Waals surface area contributed by atoms with Crippen LogP contribution in [0, 0.1) is 17.5 Å². The molecule has 1 rings (SSSR count). The smallest absolute Gasteiger partial charge is 0.170 e. The maximum atomic E-state index is 13.3. The largest absolute Gasteiger partial charge is 0.294 e. The summed E-state index contributed by atoms with van der Waals surface area (Å²) >= 11 is 0. The molecule has 0 bridgehead atoms. The Morgan fingerprint density at radius 3 is 2.47 bits per heavy atom. The highest BCUT2D eigenvalue weighted by Gasteiger charge is 2.19. The van der Waals surface area contributed by atoms with Crippen molar-refractivity contribution >= 4 is 5.78 Å². The van der Waals surface area contributed by atoms with Crippen molar-refractivity contribution in [3.63, 3.8) is 0 Å². The molecule has 0 radical (unpaired) electrons. The molecule has 0 aliphatic rings. The van der Waals surface area contributed by atoms with E-state index in [9.17, 15) is 18.0 Å². The second-order valence-corrected chi connectivity index (χ2v) is 3.06. The molecular formula is C11H9F3O. The van der Waals surface area contributed by atoms with E-state index in [2.05, 4.69) is 6.58 Å². The number of ketones is 1. The molecular weight excluding hydrogens is 205 g/mol. The molecule has 0 spiro atoms. The van der Waals surface area contributed by atoms with Gasteiger partial charge in [0.1, 0.15) is 5.82 Å². The third kappa shape index (κ3) is 2.09. The maximum absolute atomic E-state index is 13.3. The van der Waals surface area contributed by atoms with E-state index < -0.39 is 34.4 Å². The highest BCUT2D eigenvalue weighted by molar-refractivity contribution is 5.94.